The van der Waals surface area contributed by atoms with Crippen LogP contribution in [0.5, 0.6) is 5.75 Å². The molecule has 0 aliphatic heterocycles. The van der Waals surface area contributed by atoms with Crippen molar-refractivity contribution in [3.05, 3.63) is 23.9 Å². The van der Waals surface area contributed by atoms with Crippen molar-refractivity contribution >= 4 is 10.9 Å². The van der Waals surface area contributed by atoms with Gasteiger partial charge < -0.3 is 4.74 Å². The molecule has 116 valence electrons. The molecule has 1 aromatic heterocycles. The third kappa shape index (κ3) is 3.22. The number of hydrogen-bond acceptors (Lipinski definition) is 2. The Hall–Kier alpha value is -1.51. The number of H-pyrrole nitrogens is 1. The Bertz CT molecular complexity index is 566. The molecule has 0 spiro atoms. The molecule has 0 amide bonds. The standard InChI is InChI=1S/C18H28N2O/c1-5-7-12-18(3,13-8-6-2)17-16-14(19-20-17)10-9-11-15(16)21-4/h9-11H,5-8,12-13H2,1-4H3,(H,19,20). The number of fused-ring (bicyclic) bond motifs is 1. The van der Waals surface area contributed by atoms with Gasteiger partial charge in [-0.2, -0.15) is 5.10 Å². The van der Waals surface area contributed by atoms with Gasteiger partial charge in [-0.25, -0.2) is 0 Å². The highest BCUT2D eigenvalue weighted by molar-refractivity contribution is 5.88. The Kier molecular flexibility index (Phi) is 5.27. The summed E-state index contributed by atoms with van der Waals surface area (Å²) >= 11 is 0. The largest absolute Gasteiger partial charge is 0.496 e. The molecule has 1 aromatic carbocycles. The van der Waals surface area contributed by atoms with Gasteiger partial charge in [0.25, 0.3) is 0 Å². The monoisotopic (exact) mass is 288 g/mol. The molecule has 0 aliphatic carbocycles. The number of methoxy groups -OCH3 is 1. The van der Waals surface area contributed by atoms with Crippen LogP contribution in [0.1, 0.15) is 65.0 Å². The smallest absolute Gasteiger partial charge is 0.130 e. The van der Waals surface area contributed by atoms with E-state index in [4.69, 9.17) is 4.74 Å². The fourth-order valence-corrected chi connectivity index (χ4v) is 3.14. The van der Waals surface area contributed by atoms with Gasteiger partial charge >= 0.3 is 0 Å². The lowest BCUT2D eigenvalue weighted by Gasteiger charge is -2.28. The van der Waals surface area contributed by atoms with E-state index in [-0.39, 0.29) is 5.41 Å². The molecule has 2 aromatic rings. The van der Waals surface area contributed by atoms with E-state index in [9.17, 15) is 0 Å². The molecular formula is C18H28N2O. The Balaban J connectivity index is 2.48. The maximum Gasteiger partial charge on any atom is 0.130 e. The van der Waals surface area contributed by atoms with Crippen LogP contribution in [0, 0.1) is 0 Å². The van der Waals surface area contributed by atoms with Crippen LogP contribution in [0.4, 0.5) is 0 Å². The predicted molar refractivity (Wildman–Crippen MR) is 89.0 cm³/mol. The molecular weight excluding hydrogens is 260 g/mol. The van der Waals surface area contributed by atoms with Crippen LogP contribution < -0.4 is 4.74 Å². The van der Waals surface area contributed by atoms with Crippen molar-refractivity contribution in [1.82, 2.24) is 10.2 Å². The molecule has 3 heteroatoms. The number of nitrogens with zero attached hydrogens (tertiary/aromatic N) is 1. The second-order valence-corrected chi connectivity index (χ2v) is 6.22. The van der Waals surface area contributed by atoms with Gasteiger partial charge in [0.2, 0.25) is 0 Å². The summed E-state index contributed by atoms with van der Waals surface area (Å²) in [5.74, 6) is 0.926. The van der Waals surface area contributed by atoms with Crippen LogP contribution in [0.15, 0.2) is 18.2 Å². The van der Waals surface area contributed by atoms with Crippen LogP contribution in [0.2, 0.25) is 0 Å². The van der Waals surface area contributed by atoms with Gasteiger partial charge in [-0.3, -0.25) is 5.10 Å². The van der Waals surface area contributed by atoms with Gasteiger partial charge in [0.05, 0.1) is 23.7 Å². The molecule has 0 saturated heterocycles. The van der Waals surface area contributed by atoms with E-state index in [2.05, 4.69) is 37.0 Å². The molecule has 0 fully saturated rings. The number of aromatic nitrogens is 2. The summed E-state index contributed by atoms with van der Waals surface area (Å²) in [6.07, 6.45) is 7.29. The molecule has 2 rings (SSSR count). The van der Waals surface area contributed by atoms with Gasteiger partial charge in [0.15, 0.2) is 0 Å². The third-order valence-corrected chi connectivity index (χ3v) is 4.51. The third-order valence-electron chi connectivity index (χ3n) is 4.51. The van der Waals surface area contributed by atoms with Gasteiger partial charge in [-0.1, -0.05) is 52.5 Å². The SMILES string of the molecule is CCCCC(C)(CCCC)c1n[nH]c2cccc(OC)c12. The maximum atomic E-state index is 5.57. The first-order valence-corrected chi connectivity index (χ1v) is 8.17. The summed E-state index contributed by atoms with van der Waals surface area (Å²) in [6, 6.07) is 6.12. The number of benzene rings is 1. The number of ether oxygens (including phenoxy) is 1. The van der Waals surface area contributed by atoms with Crippen LogP contribution in [-0.2, 0) is 5.41 Å². The minimum absolute atomic E-state index is 0.124. The number of unbranched alkanes of at least 4 members (excludes halogenated alkanes) is 2. The van der Waals surface area contributed by atoms with E-state index in [0.29, 0.717) is 0 Å². The maximum absolute atomic E-state index is 5.57. The lowest BCUT2D eigenvalue weighted by molar-refractivity contribution is 0.365. The molecule has 3 nitrogen and oxygen atoms in total. The summed E-state index contributed by atoms with van der Waals surface area (Å²) in [5.41, 5.74) is 2.37. The molecule has 1 N–H and O–H groups in total. The molecule has 21 heavy (non-hydrogen) atoms. The Morgan fingerprint density at radius 3 is 2.38 bits per heavy atom. The van der Waals surface area contributed by atoms with Crippen molar-refractivity contribution < 1.29 is 4.74 Å². The molecule has 0 bridgehead atoms. The number of nitrogens with one attached hydrogen (secondary N) is 1. The van der Waals surface area contributed by atoms with Crippen molar-refractivity contribution in [2.24, 2.45) is 0 Å². The first-order valence-electron chi connectivity index (χ1n) is 8.17. The van der Waals surface area contributed by atoms with E-state index >= 15 is 0 Å². The van der Waals surface area contributed by atoms with Crippen LogP contribution >= 0.6 is 0 Å². The normalized spacial score (nSPS) is 12.0. The van der Waals surface area contributed by atoms with Crippen molar-refractivity contribution in [2.45, 2.75) is 64.7 Å². The van der Waals surface area contributed by atoms with E-state index in [0.717, 1.165) is 16.7 Å². The van der Waals surface area contributed by atoms with Crippen molar-refractivity contribution in [1.29, 1.82) is 0 Å². The van der Waals surface area contributed by atoms with E-state index in [1.54, 1.807) is 7.11 Å². The average Bonchev–Trinajstić information content (AvgIpc) is 2.95. The summed E-state index contributed by atoms with van der Waals surface area (Å²) < 4.78 is 5.57. The highest BCUT2D eigenvalue weighted by Crippen LogP contribution is 2.40. The number of rotatable bonds is 8. The van der Waals surface area contributed by atoms with Crippen LogP contribution in [-0.4, -0.2) is 17.3 Å². The number of hydrogen-bond donors (Lipinski definition) is 1. The number of aromatic amines is 1. The van der Waals surface area contributed by atoms with Crippen molar-refractivity contribution in [3.63, 3.8) is 0 Å². The highest BCUT2D eigenvalue weighted by Gasteiger charge is 2.31. The average molecular weight is 288 g/mol. The lowest BCUT2D eigenvalue weighted by Crippen LogP contribution is -2.23. The van der Waals surface area contributed by atoms with Crippen molar-refractivity contribution in [3.8, 4) is 5.75 Å². The molecule has 0 radical (unpaired) electrons. The second kappa shape index (κ2) is 6.97. The molecule has 0 saturated carbocycles. The summed E-state index contributed by atoms with van der Waals surface area (Å²) in [4.78, 5) is 0. The predicted octanol–water partition coefficient (Wildman–Crippen LogP) is 5.21. The van der Waals surface area contributed by atoms with Gasteiger partial charge in [-0.05, 0) is 25.0 Å². The fraction of sp³-hybridized carbons (Fsp3) is 0.611. The minimum Gasteiger partial charge on any atom is -0.496 e. The summed E-state index contributed by atoms with van der Waals surface area (Å²) in [6.45, 7) is 6.87. The highest BCUT2D eigenvalue weighted by atomic mass is 16.5. The van der Waals surface area contributed by atoms with Crippen LogP contribution in [0.25, 0.3) is 10.9 Å². The molecule has 1 heterocycles. The quantitative estimate of drug-likeness (QED) is 0.724. The van der Waals surface area contributed by atoms with E-state index in [1.807, 2.05) is 12.1 Å². The lowest BCUT2D eigenvalue weighted by atomic mass is 9.76. The topological polar surface area (TPSA) is 37.9 Å². The van der Waals surface area contributed by atoms with Gasteiger partial charge in [-0.15, -0.1) is 0 Å². The van der Waals surface area contributed by atoms with E-state index < -0.39 is 0 Å². The first kappa shape index (κ1) is 15.9. The Labute approximate surface area is 128 Å². The zero-order valence-corrected chi connectivity index (χ0v) is 13.8. The van der Waals surface area contributed by atoms with Gasteiger partial charge in [0, 0.05) is 5.41 Å². The summed E-state index contributed by atoms with van der Waals surface area (Å²) in [7, 11) is 1.74. The molecule has 0 unspecified atom stereocenters. The molecule has 0 aliphatic rings. The second-order valence-electron chi connectivity index (χ2n) is 6.22. The fourth-order valence-electron chi connectivity index (χ4n) is 3.14. The van der Waals surface area contributed by atoms with Crippen LogP contribution in [0.3, 0.4) is 0 Å². The van der Waals surface area contributed by atoms with E-state index in [1.165, 1.54) is 44.2 Å². The molecule has 0 atom stereocenters. The zero-order valence-electron chi connectivity index (χ0n) is 13.8. The van der Waals surface area contributed by atoms with Crippen molar-refractivity contribution in [2.75, 3.05) is 7.11 Å². The minimum atomic E-state index is 0.124. The summed E-state index contributed by atoms with van der Waals surface area (Å²) in [5, 5.41) is 9.03. The first-order chi connectivity index (χ1) is 10.2. The zero-order chi connectivity index (χ0) is 15.3. The Morgan fingerprint density at radius 2 is 1.81 bits per heavy atom. The Morgan fingerprint density at radius 1 is 1.14 bits per heavy atom. The van der Waals surface area contributed by atoms with Gasteiger partial charge in [0.1, 0.15) is 5.75 Å².